The lowest BCUT2D eigenvalue weighted by atomic mass is 10.0. The number of imide groups is 1. The van der Waals surface area contributed by atoms with E-state index in [1.54, 1.807) is 7.11 Å². The van der Waals surface area contributed by atoms with Gasteiger partial charge in [0.1, 0.15) is 11.4 Å². The molecule has 5 heteroatoms. The van der Waals surface area contributed by atoms with Crippen LogP contribution in [0.5, 0.6) is 5.75 Å². The zero-order chi connectivity index (χ0) is 20.1. The van der Waals surface area contributed by atoms with Crippen LogP contribution in [-0.4, -0.2) is 36.9 Å². The van der Waals surface area contributed by atoms with Gasteiger partial charge in [0.05, 0.1) is 12.7 Å². The molecule has 5 nitrogen and oxygen atoms in total. The number of hydrogen-bond donors (Lipinski definition) is 0. The zero-order valence-electron chi connectivity index (χ0n) is 16.6. The van der Waals surface area contributed by atoms with E-state index in [1.165, 1.54) is 4.90 Å². The number of amides is 2. The highest BCUT2D eigenvalue weighted by molar-refractivity contribution is 6.36. The van der Waals surface area contributed by atoms with Gasteiger partial charge in [-0.2, -0.15) is 0 Å². The molecule has 0 spiro atoms. The number of hydrogen-bond acceptors (Lipinski definition) is 4. The average Bonchev–Trinajstić information content (AvgIpc) is 2.98. The van der Waals surface area contributed by atoms with Gasteiger partial charge in [-0.05, 0) is 43.2 Å². The third kappa shape index (κ3) is 3.65. The molecule has 0 aromatic heterocycles. The van der Waals surface area contributed by atoms with Gasteiger partial charge in [0.15, 0.2) is 0 Å². The van der Waals surface area contributed by atoms with E-state index >= 15 is 0 Å². The average molecular weight is 378 g/mol. The van der Waals surface area contributed by atoms with Crippen LogP contribution in [0.25, 0.3) is 5.57 Å². The van der Waals surface area contributed by atoms with Crippen molar-refractivity contribution in [3.8, 4) is 5.75 Å². The number of ether oxygens (including phenoxy) is 1. The SMILES string of the molecule is CCCCN1C(=O)C(c2ccc(OC)cc2)=C(N(CC)c2ccccc2)C1=O. The maximum atomic E-state index is 13.3. The summed E-state index contributed by atoms with van der Waals surface area (Å²) in [4.78, 5) is 29.8. The standard InChI is InChI=1S/C23H26N2O3/c1-4-6-16-25-22(26)20(17-12-14-19(28-3)15-13-17)21(23(25)27)24(5-2)18-10-8-7-9-11-18/h7-15H,4-6,16H2,1-3H3. The number of para-hydroxylation sites is 1. The van der Waals surface area contributed by atoms with Gasteiger partial charge in [0.2, 0.25) is 0 Å². The minimum atomic E-state index is -0.229. The van der Waals surface area contributed by atoms with Crippen LogP contribution in [0.2, 0.25) is 0 Å². The van der Waals surface area contributed by atoms with Gasteiger partial charge in [0.25, 0.3) is 11.8 Å². The smallest absolute Gasteiger partial charge is 0.278 e. The second-order valence-corrected chi connectivity index (χ2v) is 6.65. The first kappa shape index (κ1) is 19.7. The summed E-state index contributed by atoms with van der Waals surface area (Å²) in [6.07, 6.45) is 1.71. The number of likely N-dealkylation sites (N-methyl/N-ethyl adjacent to an activating group) is 1. The number of rotatable bonds is 8. The fourth-order valence-electron chi connectivity index (χ4n) is 3.43. The molecule has 0 atom stereocenters. The number of methoxy groups -OCH3 is 1. The number of nitrogens with zero attached hydrogens (tertiary/aromatic N) is 2. The second-order valence-electron chi connectivity index (χ2n) is 6.65. The largest absolute Gasteiger partial charge is 0.497 e. The Morgan fingerprint density at radius 3 is 2.18 bits per heavy atom. The molecule has 146 valence electrons. The van der Waals surface area contributed by atoms with Gasteiger partial charge in [-0.25, -0.2) is 0 Å². The Morgan fingerprint density at radius 1 is 0.929 bits per heavy atom. The lowest BCUT2D eigenvalue weighted by Crippen LogP contribution is -2.36. The Kier molecular flexibility index (Phi) is 6.14. The van der Waals surface area contributed by atoms with Crippen LogP contribution in [0.3, 0.4) is 0 Å². The summed E-state index contributed by atoms with van der Waals surface area (Å²) in [5.74, 6) is 0.254. The summed E-state index contributed by atoms with van der Waals surface area (Å²) in [7, 11) is 1.60. The topological polar surface area (TPSA) is 49.9 Å². The van der Waals surface area contributed by atoms with Crippen molar-refractivity contribution in [3.63, 3.8) is 0 Å². The molecule has 0 aliphatic carbocycles. The molecule has 2 aromatic carbocycles. The highest BCUT2D eigenvalue weighted by Crippen LogP contribution is 2.34. The monoisotopic (exact) mass is 378 g/mol. The van der Waals surface area contributed by atoms with Crippen LogP contribution in [0.4, 0.5) is 5.69 Å². The third-order valence-electron chi connectivity index (χ3n) is 4.91. The maximum Gasteiger partial charge on any atom is 0.278 e. The number of unbranched alkanes of at least 4 members (excludes halogenated alkanes) is 1. The van der Waals surface area contributed by atoms with Gasteiger partial charge in [-0.3, -0.25) is 14.5 Å². The van der Waals surface area contributed by atoms with Crippen molar-refractivity contribution in [1.82, 2.24) is 4.90 Å². The summed E-state index contributed by atoms with van der Waals surface area (Å²) < 4.78 is 5.23. The normalized spacial score (nSPS) is 14.0. The summed E-state index contributed by atoms with van der Waals surface area (Å²) in [6.45, 7) is 5.05. The molecule has 0 bridgehead atoms. The summed E-state index contributed by atoms with van der Waals surface area (Å²) in [5, 5.41) is 0. The second kappa shape index (κ2) is 8.74. The first-order chi connectivity index (χ1) is 13.6. The molecule has 0 radical (unpaired) electrons. The molecule has 0 saturated heterocycles. The van der Waals surface area contributed by atoms with Crippen LogP contribution in [0.1, 0.15) is 32.3 Å². The lowest BCUT2D eigenvalue weighted by molar-refractivity contribution is -0.136. The minimum Gasteiger partial charge on any atom is -0.497 e. The van der Waals surface area contributed by atoms with Crippen molar-refractivity contribution in [2.45, 2.75) is 26.7 Å². The Hall–Kier alpha value is -3.08. The molecule has 1 heterocycles. The summed E-state index contributed by atoms with van der Waals surface area (Å²) in [6, 6.07) is 17.0. The molecule has 1 aliphatic heterocycles. The van der Waals surface area contributed by atoms with Gasteiger partial charge in [-0.1, -0.05) is 43.7 Å². The first-order valence-electron chi connectivity index (χ1n) is 9.69. The fourth-order valence-corrected chi connectivity index (χ4v) is 3.43. The number of benzene rings is 2. The minimum absolute atomic E-state index is 0.227. The highest BCUT2D eigenvalue weighted by atomic mass is 16.5. The molecule has 0 fully saturated rings. The number of carbonyl (C=O) groups is 2. The van der Waals surface area contributed by atoms with E-state index in [4.69, 9.17) is 4.74 Å². The van der Waals surface area contributed by atoms with Gasteiger partial charge >= 0.3 is 0 Å². The van der Waals surface area contributed by atoms with E-state index in [1.807, 2.05) is 73.3 Å². The van der Waals surface area contributed by atoms with Gasteiger partial charge in [-0.15, -0.1) is 0 Å². The van der Waals surface area contributed by atoms with E-state index in [-0.39, 0.29) is 11.8 Å². The van der Waals surface area contributed by atoms with Crippen molar-refractivity contribution in [1.29, 1.82) is 0 Å². The van der Waals surface area contributed by atoms with E-state index in [0.29, 0.717) is 30.1 Å². The van der Waals surface area contributed by atoms with Gasteiger partial charge < -0.3 is 9.64 Å². The van der Waals surface area contributed by atoms with E-state index in [0.717, 1.165) is 24.1 Å². The quantitative estimate of drug-likeness (QED) is 0.649. The van der Waals surface area contributed by atoms with E-state index < -0.39 is 0 Å². The van der Waals surface area contributed by atoms with Crippen LogP contribution in [-0.2, 0) is 9.59 Å². The summed E-state index contributed by atoms with van der Waals surface area (Å²) in [5.41, 5.74) is 2.52. The molecule has 2 amide bonds. The molecular formula is C23H26N2O3. The molecule has 0 N–H and O–H groups in total. The zero-order valence-corrected chi connectivity index (χ0v) is 16.6. The maximum absolute atomic E-state index is 13.3. The van der Waals surface area contributed by atoms with Crippen LogP contribution >= 0.6 is 0 Å². The number of carbonyl (C=O) groups excluding carboxylic acids is 2. The van der Waals surface area contributed by atoms with Crippen molar-refractivity contribution in [3.05, 3.63) is 65.9 Å². The van der Waals surface area contributed by atoms with Crippen LogP contribution in [0, 0.1) is 0 Å². The Balaban J connectivity index is 2.12. The molecule has 28 heavy (non-hydrogen) atoms. The molecular weight excluding hydrogens is 352 g/mol. The van der Waals surface area contributed by atoms with Crippen molar-refractivity contribution < 1.29 is 14.3 Å². The van der Waals surface area contributed by atoms with E-state index in [2.05, 4.69) is 0 Å². The first-order valence-corrected chi connectivity index (χ1v) is 9.69. The Morgan fingerprint density at radius 2 is 1.61 bits per heavy atom. The molecule has 1 aliphatic rings. The lowest BCUT2D eigenvalue weighted by Gasteiger charge is -2.25. The number of anilines is 1. The highest BCUT2D eigenvalue weighted by Gasteiger charge is 2.41. The van der Waals surface area contributed by atoms with Crippen LogP contribution in [0.15, 0.2) is 60.3 Å². The molecule has 0 unspecified atom stereocenters. The predicted molar refractivity (Wildman–Crippen MR) is 111 cm³/mol. The third-order valence-corrected chi connectivity index (χ3v) is 4.91. The Bertz CT molecular complexity index is 872. The molecule has 3 rings (SSSR count). The Labute approximate surface area is 166 Å². The fraction of sp³-hybridized carbons (Fsp3) is 0.304. The van der Waals surface area contributed by atoms with Crippen molar-refractivity contribution in [2.75, 3.05) is 25.1 Å². The molecule has 0 saturated carbocycles. The summed E-state index contributed by atoms with van der Waals surface area (Å²) >= 11 is 0. The molecule has 2 aromatic rings. The van der Waals surface area contributed by atoms with Crippen molar-refractivity contribution in [2.24, 2.45) is 0 Å². The van der Waals surface area contributed by atoms with E-state index in [9.17, 15) is 9.59 Å². The van der Waals surface area contributed by atoms with Crippen molar-refractivity contribution >= 4 is 23.1 Å². The van der Waals surface area contributed by atoms with Gasteiger partial charge in [0, 0.05) is 18.8 Å². The van der Waals surface area contributed by atoms with Crippen LogP contribution < -0.4 is 9.64 Å². The predicted octanol–water partition coefficient (Wildman–Crippen LogP) is 4.10.